The number of nitrogen functional groups attached to an aromatic ring is 1. The number of methoxy groups -OCH3 is 3. The average Bonchev–Trinajstić information content (AvgIpc) is 3.29. The highest BCUT2D eigenvalue weighted by atomic mass is 32.1. The molecular weight excluding hydrogens is 488 g/mol. The lowest BCUT2D eigenvalue weighted by Crippen LogP contribution is -2.11. The average molecular weight is 513 g/mol. The minimum atomic E-state index is -0.316. The van der Waals surface area contributed by atoms with Crippen molar-refractivity contribution < 1.29 is 19.0 Å². The summed E-state index contributed by atoms with van der Waals surface area (Å²) >= 11 is 1.25. The molecule has 0 aliphatic carbocycles. The number of nitrogens with zero attached hydrogens (tertiary/aromatic N) is 2. The van der Waals surface area contributed by atoms with Gasteiger partial charge in [-0.05, 0) is 41.5 Å². The third-order valence-electron chi connectivity index (χ3n) is 5.89. The second kappa shape index (κ2) is 10.2. The molecule has 0 aliphatic heterocycles. The van der Waals surface area contributed by atoms with Crippen LogP contribution in [0.3, 0.4) is 0 Å². The first-order valence-electron chi connectivity index (χ1n) is 11.3. The Hall–Kier alpha value is -4.63. The summed E-state index contributed by atoms with van der Waals surface area (Å²) in [5.74, 6) is 1.18. The van der Waals surface area contributed by atoms with Gasteiger partial charge in [-0.3, -0.25) is 9.78 Å². The molecule has 0 bridgehead atoms. The first-order chi connectivity index (χ1) is 18.0. The molecule has 0 fully saturated rings. The number of nitrogens with two attached hydrogens (primary N) is 1. The number of ether oxygens (including phenoxy) is 3. The number of pyridine rings is 2. The van der Waals surface area contributed by atoms with Crippen molar-refractivity contribution in [3.05, 3.63) is 77.9 Å². The van der Waals surface area contributed by atoms with Crippen LogP contribution in [0.1, 0.15) is 9.67 Å². The molecular formula is C28H24N4O4S. The number of amides is 1. The Bertz CT molecular complexity index is 1560. The van der Waals surface area contributed by atoms with E-state index in [1.807, 2.05) is 48.5 Å². The Labute approximate surface area is 217 Å². The van der Waals surface area contributed by atoms with Gasteiger partial charge >= 0.3 is 0 Å². The number of carbonyl (C=O) groups excluding carboxylic acids is 1. The quantitative estimate of drug-likeness (QED) is 0.280. The van der Waals surface area contributed by atoms with Crippen LogP contribution in [-0.2, 0) is 0 Å². The maximum Gasteiger partial charge on any atom is 0.267 e. The predicted octanol–water partition coefficient (Wildman–Crippen LogP) is 5.89. The molecule has 0 spiro atoms. The van der Waals surface area contributed by atoms with Gasteiger partial charge in [0.1, 0.15) is 9.71 Å². The molecule has 5 rings (SSSR count). The standard InChI is InChI=1S/C28H24N4O4S/c1-34-21-13-17(14-22(35-2)25(21)36-3)19-15-20(16-7-5-4-6-8-16)32-28-23(19)24(29)26(37-28)27(33)31-18-9-11-30-12-10-18/h4-15H,29H2,1-3H3,(H,30,31,33). The fourth-order valence-electron chi connectivity index (χ4n) is 4.13. The van der Waals surface area contributed by atoms with Crippen molar-refractivity contribution in [1.29, 1.82) is 0 Å². The van der Waals surface area contributed by atoms with Gasteiger partial charge in [-0.15, -0.1) is 11.3 Å². The second-order valence-electron chi connectivity index (χ2n) is 8.05. The van der Waals surface area contributed by atoms with E-state index in [0.29, 0.717) is 43.7 Å². The van der Waals surface area contributed by atoms with E-state index < -0.39 is 0 Å². The number of fused-ring (bicyclic) bond motifs is 1. The molecule has 186 valence electrons. The molecule has 37 heavy (non-hydrogen) atoms. The fraction of sp³-hybridized carbons (Fsp3) is 0.107. The summed E-state index contributed by atoms with van der Waals surface area (Å²) in [5.41, 5.74) is 10.9. The largest absolute Gasteiger partial charge is 0.493 e. The van der Waals surface area contributed by atoms with Crippen molar-refractivity contribution in [3.8, 4) is 39.6 Å². The molecule has 1 amide bonds. The van der Waals surface area contributed by atoms with Crippen LogP contribution in [0.25, 0.3) is 32.6 Å². The van der Waals surface area contributed by atoms with E-state index in [4.69, 9.17) is 24.9 Å². The van der Waals surface area contributed by atoms with Crippen LogP contribution in [0, 0.1) is 0 Å². The molecule has 0 saturated heterocycles. The molecule has 3 aromatic heterocycles. The molecule has 0 saturated carbocycles. The van der Waals surface area contributed by atoms with E-state index >= 15 is 0 Å². The Morgan fingerprint density at radius 1 is 0.892 bits per heavy atom. The van der Waals surface area contributed by atoms with Gasteiger partial charge in [-0.2, -0.15) is 0 Å². The Morgan fingerprint density at radius 2 is 1.57 bits per heavy atom. The summed E-state index contributed by atoms with van der Waals surface area (Å²) in [6.07, 6.45) is 3.22. The summed E-state index contributed by atoms with van der Waals surface area (Å²) in [6.45, 7) is 0. The van der Waals surface area contributed by atoms with Gasteiger partial charge in [-0.25, -0.2) is 4.98 Å². The van der Waals surface area contributed by atoms with Gasteiger partial charge < -0.3 is 25.3 Å². The van der Waals surface area contributed by atoms with Crippen molar-refractivity contribution in [2.45, 2.75) is 0 Å². The zero-order chi connectivity index (χ0) is 25.9. The minimum absolute atomic E-state index is 0.316. The van der Waals surface area contributed by atoms with E-state index in [1.54, 1.807) is 45.9 Å². The number of thiophene rings is 1. The zero-order valence-corrected chi connectivity index (χ0v) is 21.3. The molecule has 0 unspecified atom stereocenters. The van der Waals surface area contributed by atoms with Crippen LogP contribution in [0.15, 0.2) is 73.1 Å². The lowest BCUT2D eigenvalue weighted by atomic mass is 9.98. The molecule has 3 N–H and O–H groups in total. The number of anilines is 2. The van der Waals surface area contributed by atoms with E-state index in [9.17, 15) is 4.79 Å². The number of nitrogens with one attached hydrogen (secondary N) is 1. The molecule has 3 heterocycles. The van der Waals surface area contributed by atoms with Crippen LogP contribution >= 0.6 is 11.3 Å². The molecule has 9 heteroatoms. The molecule has 8 nitrogen and oxygen atoms in total. The Morgan fingerprint density at radius 3 is 2.19 bits per heavy atom. The van der Waals surface area contributed by atoms with E-state index in [1.165, 1.54) is 11.3 Å². The lowest BCUT2D eigenvalue weighted by molar-refractivity contribution is 0.103. The summed E-state index contributed by atoms with van der Waals surface area (Å²) in [5, 5.41) is 3.56. The van der Waals surface area contributed by atoms with Gasteiger partial charge in [0.25, 0.3) is 5.91 Å². The van der Waals surface area contributed by atoms with Crippen molar-refractivity contribution in [3.63, 3.8) is 0 Å². The van der Waals surface area contributed by atoms with Gasteiger partial charge in [0.15, 0.2) is 11.5 Å². The summed E-state index contributed by atoms with van der Waals surface area (Å²) in [6, 6.07) is 19.0. The maximum atomic E-state index is 13.2. The first-order valence-corrected chi connectivity index (χ1v) is 12.2. The maximum absolute atomic E-state index is 13.2. The molecule has 0 radical (unpaired) electrons. The van der Waals surface area contributed by atoms with Crippen molar-refractivity contribution >= 4 is 38.8 Å². The van der Waals surface area contributed by atoms with E-state index in [-0.39, 0.29) is 5.91 Å². The first kappa shape index (κ1) is 24.1. The topological polar surface area (TPSA) is 109 Å². The highest BCUT2D eigenvalue weighted by Gasteiger charge is 2.23. The normalized spacial score (nSPS) is 10.8. The summed E-state index contributed by atoms with van der Waals surface area (Å²) in [4.78, 5) is 23.1. The number of benzene rings is 2. The second-order valence-corrected chi connectivity index (χ2v) is 9.05. The van der Waals surface area contributed by atoms with Crippen molar-refractivity contribution in [2.75, 3.05) is 32.4 Å². The third-order valence-corrected chi connectivity index (χ3v) is 6.99. The monoisotopic (exact) mass is 512 g/mol. The fourth-order valence-corrected chi connectivity index (χ4v) is 5.15. The Kier molecular flexibility index (Phi) is 6.61. The van der Waals surface area contributed by atoms with Crippen LogP contribution in [0.4, 0.5) is 11.4 Å². The summed E-state index contributed by atoms with van der Waals surface area (Å²) in [7, 11) is 4.70. The molecule has 0 aliphatic rings. The highest BCUT2D eigenvalue weighted by molar-refractivity contribution is 7.21. The van der Waals surface area contributed by atoms with Crippen LogP contribution in [-0.4, -0.2) is 37.2 Å². The van der Waals surface area contributed by atoms with Crippen LogP contribution < -0.4 is 25.3 Å². The number of aromatic nitrogens is 2. The number of rotatable bonds is 7. The minimum Gasteiger partial charge on any atom is -0.493 e. The summed E-state index contributed by atoms with van der Waals surface area (Å²) < 4.78 is 16.7. The van der Waals surface area contributed by atoms with E-state index in [0.717, 1.165) is 22.4 Å². The molecule has 2 aromatic carbocycles. The van der Waals surface area contributed by atoms with Gasteiger partial charge in [-0.1, -0.05) is 30.3 Å². The van der Waals surface area contributed by atoms with Crippen molar-refractivity contribution in [1.82, 2.24) is 9.97 Å². The predicted molar refractivity (Wildman–Crippen MR) is 147 cm³/mol. The SMILES string of the molecule is COc1cc(-c2cc(-c3ccccc3)nc3sc(C(=O)Nc4ccncc4)c(N)c23)cc(OC)c1OC. The zero-order valence-electron chi connectivity index (χ0n) is 20.4. The lowest BCUT2D eigenvalue weighted by Gasteiger charge is -2.15. The molecule has 0 atom stereocenters. The van der Waals surface area contributed by atoms with Crippen molar-refractivity contribution in [2.24, 2.45) is 0 Å². The Balaban J connectivity index is 1.74. The van der Waals surface area contributed by atoms with Gasteiger partial charge in [0, 0.05) is 29.0 Å². The number of hydrogen-bond donors (Lipinski definition) is 2. The molecule has 5 aromatic rings. The highest BCUT2D eigenvalue weighted by Crippen LogP contribution is 2.46. The number of carbonyl (C=O) groups is 1. The van der Waals surface area contributed by atoms with Crippen LogP contribution in [0.2, 0.25) is 0 Å². The van der Waals surface area contributed by atoms with Gasteiger partial charge in [0.2, 0.25) is 5.75 Å². The number of hydrogen-bond acceptors (Lipinski definition) is 8. The van der Waals surface area contributed by atoms with E-state index in [2.05, 4.69) is 10.3 Å². The van der Waals surface area contributed by atoms with Gasteiger partial charge in [0.05, 0.1) is 32.7 Å². The smallest absolute Gasteiger partial charge is 0.267 e. The van der Waals surface area contributed by atoms with Crippen LogP contribution in [0.5, 0.6) is 17.2 Å². The third kappa shape index (κ3) is 4.52.